The molecule has 5 aromatic rings. The van der Waals surface area contributed by atoms with Crippen LogP contribution in [-0.4, -0.2) is 72.6 Å². The molecule has 1 amide bonds. The minimum Gasteiger partial charge on any atom is -0.382 e. The predicted octanol–water partition coefficient (Wildman–Crippen LogP) is 3.39. The van der Waals surface area contributed by atoms with E-state index in [9.17, 15) is 22.0 Å². The topological polar surface area (TPSA) is 165 Å². The molecule has 7 rings (SSSR count). The number of halogens is 2. The molecule has 1 aromatic carbocycles. The van der Waals surface area contributed by atoms with E-state index in [2.05, 4.69) is 25.5 Å². The van der Waals surface area contributed by atoms with Crippen LogP contribution in [0.15, 0.2) is 53.8 Å². The van der Waals surface area contributed by atoms with E-state index in [1.54, 1.807) is 6.07 Å². The summed E-state index contributed by atoms with van der Waals surface area (Å²) in [5.41, 5.74) is 8.37. The maximum atomic E-state index is 14.3. The number of nitrogens with one attached hydrogen (secondary N) is 1. The predicted molar refractivity (Wildman–Crippen MR) is 150 cm³/mol. The number of nitrogen functional groups attached to an aromatic ring is 1. The number of anilines is 1. The number of aromatic nitrogens is 7. The molecule has 12 nitrogen and oxygen atoms in total. The van der Waals surface area contributed by atoms with Crippen molar-refractivity contribution in [3.05, 3.63) is 71.9 Å². The summed E-state index contributed by atoms with van der Waals surface area (Å²) in [5.74, 6) is -2.00. The number of nitrogens with zero attached hydrogens (tertiary/aromatic N) is 7. The molecule has 0 spiro atoms. The number of carbonyl (C=O) groups excluding carboxylic acids is 1. The van der Waals surface area contributed by atoms with Crippen molar-refractivity contribution in [2.45, 2.75) is 48.6 Å². The molecule has 3 N–H and O–H groups in total. The molecule has 3 atom stereocenters. The largest absolute Gasteiger partial charge is 0.382 e. The van der Waals surface area contributed by atoms with Crippen LogP contribution in [0.5, 0.6) is 0 Å². The number of hydrogen-bond donors (Lipinski definition) is 2. The summed E-state index contributed by atoms with van der Waals surface area (Å²) < 4.78 is 56.0. The fourth-order valence-corrected chi connectivity index (χ4v) is 7.55. The molecule has 0 aliphatic carbocycles. The van der Waals surface area contributed by atoms with Crippen molar-refractivity contribution in [2.75, 3.05) is 12.0 Å². The molecular weight excluding hydrogens is 580 g/mol. The third-order valence-electron chi connectivity index (χ3n) is 8.33. The second kappa shape index (κ2) is 9.90. The van der Waals surface area contributed by atoms with Crippen LogP contribution in [0.3, 0.4) is 0 Å². The zero-order valence-corrected chi connectivity index (χ0v) is 23.6. The van der Waals surface area contributed by atoms with Crippen LogP contribution < -0.4 is 5.73 Å². The zero-order chi connectivity index (χ0) is 30.0. The molecule has 15 heteroatoms. The van der Waals surface area contributed by atoms with E-state index in [1.807, 2.05) is 4.90 Å². The van der Waals surface area contributed by atoms with Gasteiger partial charge in [0.05, 0.1) is 29.3 Å². The highest BCUT2D eigenvalue weighted by Crippen LogP contribution is 2.45. The number of rotatable bonds is 5. The van der Waals surface area contributed by atoms with Crippen LogP contribution in [0.1, 0.15) is 47.8 Å². The lowest BCUT2D eigenvalue weighted by molar-refractivity contribution is 0.0562. The molecule has 0 saturated carbocycles. The van der Waals surface area contributed by atoms with Crippen molar-refractivity contribution in [3.63, 3.8) is 0 Å². The van der Waals surface area contributed by atoms with Crippen molar-refractivity contribution < 1.29 is 22.0 Å². The van der Waals surface area contributed by atoms with Gasteiger partial charge >= 0.3 is 0 Å². The minimum absolute atomic E-state index is 0.0684. The standard InChI is InChI=1S/C28H25F2N9O3S/c1-43(41,42)25-24(15-9-16-6-7-17(10-15)38(16)28(40)22-13-33-37-36-22)35-27-18(12-34-39(27)26(25)31)14-5-8-21(32-11-14)23-19(29)3-2-4-20(23)30/h2-5,8,11-13,15-17H,6-7,9-10,31H2,1H3,(H,33,36,37)/t15-,16-,17+. The number of sulfone groups is 1. The summed E-state index contributed by atoms with van der Waals surface area (Å²) in [6.45, 7) is 0. The van der Waals surface area contributed by atoms with Crippen molar-refractivity contribution in [2.24, 2.45) is 0 Å². The summed E-state index contributed by atoms with van der Waals surface area (Å²) in [4.78, 5) is 24.0. The Morgan fingerprint density at radius 1 is 1.05 bits per heavy atom. The van der Waals surface area contributed by atoms with Crippen molar-refractivity contribution in [1.29, 1.82) is 0 Å². The first-order chi connectivity index (χ1) is 20.6. The van der Waals surface area contributed by atoms with Gasteiger partial charge in [0, 0.05) is 41.6 Å². The first-order valence-corrected chi connectivity index (χ1v) is 15.5. The maximum Gasteiger partial charge on any atom is 0.274 e. The Balaban J connectivity index is 1.29. The molecule has 220 valence electrons. The molecule has 43 heavy (non-hydrogen) atoms. The summed E-state index contributed by atoms with van der Waals surface area (Å²) >= 11 is 0. The van der Waals surface area contributed by atoms with Gasteiger partial charge in [0.1, 0.15) is 28.0 Å². The third-order valence-corrected chi connectivity index (χ3v) is 9.49. The SMILES string of the molecule is CS(=O)(=O)c1c([C@@H]2C[C@H]3CC[C@@H](C2)N3C(=O)c2cnn[nH]2)nc2c(-c3ccc(-c4c(F)cccc4F)nc3)cnn2c1N. The van der Waals surface area contributed by atoms with E-state index in [0.29, 0.717) is 41.0 Å². The van der Waals surface area contributed by atoms with E-state index in [0.717, 1.165) is 31.2 Å². The Kier molecular flexibility index (Phi) is 6.23. The Labute approximate surface area is 243 Å². The Morgan fingerprint density at radius 3 is 2.37 bits per heavy atom. The number of amides is 1. The average Bonchev–Trinajstić information content (AvgIpc) is 3.71. The van der Waals surface area contributed by atoms with Crippen LogP contribution in [-0.2, 0) is 9.84 Å². The lowest BCUT2D eigenvalue weighted by Gasteiger charge is -2.39. The molecule has 0 unspecified atom stereocenters. The normalized spacial score (nSPS) is 20.2. The number of fused-ring (bicyclic) bond motifs is 3. The highest BCUT2D eigenvalue weighted by atomic mass is 32.2. The number of hydrogen-bond acceptors (Lipinski definition) is 9. The summed E-state index contributed by atoms with van der Waals surface area (Å²) in [6.07, 6.45) is 7.99. The van der Waals surface area contributed by atoms with Gasteiger partial charge in [-0.2, -0.15) is 9.61 Å². The van der Waals surface area contributed by atoms with E-state index < -0.39 is 21.5 Å². The molecular formula is C28H25F2N9O3S. The van der Waals surface area contributed by atoms with Gasteiger partial charge in [-0.15, -0.1) is 5.10 Å². The van der Waals surface area contributed by atoms with Crippen molar-refractivity contribution in [3.8, 4) is 22.4 Å². The number of nitrogens with two attached hydrogens (primary N) is 1. The lowest BCUT2D eigenvalue weighted by Crippen LogP contribution is -2.46. The molecule has 2 fully saturated rings. The fourth-order valence-electron chi connectivity index (χ4n) is 6.49. The van der Waals surface area contributed by atoms with E-state index >= 15 is 0 Å². The summed E-state index contributed by atoms with van der Waals surface area (Å²) in [5, 5.41) is 14.3. The van der Waals surface area contributed by atoms with Crippen molar-refractivity contribution >= 4 is 27.2 Å². The monoisotopic (exact) mass is 605 g/mol. The highest BCUT2D eigenvalue weighted by Gasteiger charge is 2.46. The third kappa shape index (κ3) is 4.42. The first-order valence-electron chi connectivity index (χ1n) is 13.6. The van der Waals surface area contributed by atoms with Gasteiger partial charge in [-0.05, 0) is 43.9 Å². The highest BCUT2D eigenvalue weighted by molar-refractivity contribution is 7.91. The van der Waals surface area contributed by atoms with Crippen LogP contribution in [0.2, 0.25) is 0 Å². The lowest BCUT2D eigenvalue weighted by atomic mass is 9.87. The fraction of sp³-hybridized carbons (Fsp3) is 0.286. The zero-order valence-electron chi connectivity index (χ0n) is 22.8. The van der Waals surface area contributed by atoms with Gasteiger partial charge in [-0.25, -0.2) is 22.2 Å². The van der Waals surface area contributed by atoms with Crippen molar-refractivity contribution in [1.82, 2.24) is 39.9 Å². The second-order valence-electron chi connectivity index (χ2n) is 10.9. The number of aromatic amines is 1. The summed E-state index contributed by atoms with van der Waals surface area (Å²) in [7, 11) is -3.82. The number of pyridine rings is 1. The number of carbonyl (C=O) groups is 1. The molecule has 2 aliphatic heterocycles. The van der Waals surface area contributed by atoms with Crippen LogP contribution in [0, 0.1) is 11.6 Å². The molecule has 6 heterocycles. The van der Waals surface area contributed by atoms with Gasteiger partial charge < -0.3 is 10.6 Å². The van der Waals surface area contributed by atoms with Gasteiger partial charge in [0.25, 0.3) is 5.91 Å². The summed E-state index contributed by atoms with van der Waals surface area (Å²) in [6, 6.07) is 6.50. The Hall–Kier alpha value is -4.79. The second-order valence-corrected chi connectivity index (χ2v) is 12.9. The molecule has 0 radical (unpaired) electrons. The number of benzene rings is 1. The number of piperidine rings is 1. The van der Waals surface area contributed by atoms with Crippen LogP contribution >= 0.6 is 0 Å². The quantitative estimate of drug-likeness (QED) is 0.305. The van der Waals surface area contributed by atoms with E-state index in [4.69, 9.17) is 10.7 Å². The minimum atomic E-state index is -3.82. The Morgan fingerprint density at radius 2 is 1.77 bits per heavy atom. The molecule has 2 aliphatic rings. The van der Waals surface area contributed by atoms with Crippen LogP contribution in [0.4, 0.5) is 14.6 Å². The molecule has 2 bridgehead atoms. The van der Waals surface area contributed by atoms with Gasteiger partial charge in [-0.1, -0.05) is 17.3 Å². The molecule has 4 aromatic heterocycles. The van der Waals surface area contributed by atoms with E-state index in [1.165, 1.54) is 35.2 Å². The van der Waals surface area contributed by atoms with Gasteiger partial charge in [0.15, 0.2) is 15.5 Å². The van der Waals surface area contributed by atoms with Gasteiger partial charge in [-0.3, -0.25) is 14.9 Å². The number of H-pyrrole nitrogens is 1. The van der Waals surface area contributed by atoms with Crippen LogP contribution in [0.25, 0.3) is 28.0 Å². The Bertz CT molecular complexity index is 1960. The smallest absolute Gasteiger partial charge is 0.274 e. The first kappa shape index (κ1) is 27.1. The van der Waals surface area contributed by atoms with Gasteiger partial charge in [0.2, 0.25) is 0 Å². The average molecular weight is 606 g/mol. The molecule has 2 saturated heterocycles. The van der Waals surface area contributed by atoms with E-state index in [-0.39, 0.29) is 45.9 Å². The maximum absolute atomic E-state index is 14.3.